The van der Waals surface area contributed by atoms with Crippen molar-refractivity contribution < 1.29 is 14.3 Å². The summed E-state index contributed by atoms with van der Waals surface area (Å²) in [6.45, 7) is 0.904. The van der Waals surface area contributed by atoms with Gasteiger partial charge in [-0.1, -0.05) is 12.1 Å². The summed E-state index contributed by atoms with van der Waals surface area (Å²) in [4.78, 5) is 22.8. The van der Waals surface area contributed by atoms with Gasteiger partial charge >= 0.3 is 0 Å². The third-order valence-electron chi connectivity index (χ3n) is 2.97. The summed E-state index contributed by atoms with van der Waals surface area (Å²) in [7, 11) is 1.61. The van der Waals surface area contributed by atoms with Crippen molar-refractivity contribution in [1.82, 2.24) is 10.6 Å². The lowest BCUT2D eigenvalue weighted by Crippen LogP contribution is -2.31. The number of rotatable bonds is 4. The summed E-state index contributed by atoms with van der Waals surface area (Å²) in [6, 6.07) is 7.50. The minimum absolute atomic E-state index is 0.0559. The van der Waals surface area contributed by atoms with Gasteiger partial charge in [-0.15, -0.1) is 0 Å². The molecule has 5 nitrogen and oxygen atoms in total. The Balaban J connectivity index is 1.83. The minimum atomic E-state index is -0.240. The number of carbonyl (C=O) groups is 2. The van der Waals surface area contributed by atoms with Crippen molar-refractivity contribution in [3.8, 4) is 5.75 Å². The van der Waals surface area contributed by atoms with Gasteiger partial charge in [0.05, 0.1) is 13.0 Å². The summed E-state index contributed by atoms with van der Waals surface area (Å²) in [6.07, 6.45) is 0.286. The van der Waals surface area contributed by atoms with Crippen LogP contribution in [0.25, 0.3) is 0 Å². The Hall–Kier alpha value is -2.04. The molecule has 0 spiro atoms. The highest BCUT2D eigenvalue weighted by Gasteiger charge is 2.27. The summed E-state index contributed by atoms with van der Waals surface area (Å²) >= 11 is 0. The summed E-state index contributed by atoms with van der Waals surface area (Å²) < 4.78 is 5.05. The number of carbonyl (C=O) groups excluding carboxylic acids is 2. The Kier molecular flexibility index (Phi) is 3.82. The van der Waals surface area contributed by atoms with Crippen LogP contribution in [0, 0.1) is 5.92 Å². The van der Waals surface area contributed by atoms with E-state index in [1.165, 1.54) is 0 Å². The summed E-state index contributed by atoms with van der Waals surface area (Å²) in [5, 5.41) is 5.47. The molecule has 1 unspecified atom stereocenters. The van der Waals surface area contributed by atoms with Gasteiger partial charge in [0.25, 0.3) is 0 Å². The monoisotopic (exact) mass is 248 g/mol. The largest absolute Gasteiger partial charge is 0.497 e. The van der Waals surface area contributed by atoms with Crippen molar-refractivity contribution in [2.24, 2.45) is 5.92 Å². The molecule has 1 atom stereocenters. The van der Waals surface area contributed by atoms with Gasteiger partial charge in [0.1, 0.15) is 5.75 Å². The second-order valence-electron chi connectivity index (χ2n) is 4.27. The Labute approximate surface area is 106 Å². The highest BCUT2D eigenvalue weighted by atomic mass is 16.5. The predicted molar refractivity (Wildman–Crippen MR) is 66.0 cm³/mol. The predicted octanol–water partition coefficient (Wildman–Crippen LogP) is 0.447. The average Bonchev–Trinajstić information content (AvgIpc) is 2.83. The third-order valence-corrected chi connectivity index (χ3v) is 2.97. The maximum atomic E-state index is 11.8. The molecule has 1 heterocycles. The first-order valence-corrected chi connectivity index (χ1v) is 5.86. The van der Waals surface area contributed by atoms with Crippen LogP contribution in [-0.2, 0) is 16.1 Å². The molecule has 0 bridgehead atoms. The van der Waals surface area contributed by atoms with Crippen LogP contribution in [0.4, 0.5) is 0 Å². The van der Waals surface area contributed by atoms with Gasteiger partial charge in [-0.05, 0) is 17.7 Å². The van der Waals surface area contributed by atoms with Crippen LogP contribution in [-0.4, -0.2) is 25.5 Å². The van der Waals surface area contributed by atoms with Gasteiger partial charge < -0.3 is 15.4 Å². The Morgan fingerprint density at radius 1 is 1.44 bits per heavy atom. The lowest BCUT2D eigenvalue weighted by molar-refractivity contribution is -0.126. The van der Waals surface area contributed by atoms with E-state index in [9.17, 15) is 9.59 Å². The normalized spacial score (nSPS) is 18.3. The smallest absolute Gasteiger partial charge is 0.225 e. The SMILES string of the molecule is COc1ccc(CNC(=O)C2CNC(=O)C2)cc1. The first-order valence-electron chi connectivity index (χ1n) is 5.86. The highest BCUT2D eigenvalue weighted by molar-refractivity contribution is 5.89. The van der Waals surface area contributed by atoms with Gasteiger partial charge in [-0.2, -0.15) is 0 Å². The molecule has 1 fully saturated rings. The van der Waals surface area contributed by atoms with E-state index in [0.717, 1.165) is 11.3 Å². The minimum Gasteiger partial charge on any atom is -0.497 e. The number of hydrogen-bond donors (Lipinski definition) is 2. The van der Waals surface area contributed by atoms with Crippen LogP contribution in [0.5, 0.6) is 5.75 Å². The van der Waals surface area contributed by atoms with Crippen molar-refractivity contribution in [2.75, 3.05) is 13.7 Å². The van der Waals surface area contributed by atoms with E-state index >= 15 is 0 Å². The zero-order valence-electron chi connectivity index (χ0n) is 10.2. The fraction of sp³-hybridized carbons (Fsp3) is 0.385. The number of methoxy groups -OCH3 is 1. The second-order valence-corrected chi connectivity index (χ2v) is 4.27. The topological polar surface area (TPSA) is 67.4 Å². The quantitative estimate of drug-likeness (QED) is 0.813. The Bertz CT molecular complexity index is 442. The number of ether oxygens (including phenoxy) is 1. The molecule has 0 aliphatic carbocycles. The molecular weight excluding hydrogens is 232 g/mol. The molecule has 5 heteroatoms. The van der Waals surface area contributed by atoms with E-state index in [-0.39, 0.29) is 24.2 Å². The van der Waals surface area contributed by atoms with Crippen molar-refractivity contribution in [2.45, 2.75) is 13.0 Å². The molecule has 1 aromatic carbocycles. The van der Waals surface area contributed by atoms with Crippen LogP contribution in [0.3, 0.4) is 0 Å². The Morgan fingerprint density at radius 2 is 2.17 bits per heavy atom. The van der Waals surface area contributed by atoms with Crippen LogP contribution in [0.15, 0.2) is 24.3 Å². The van der Waals surface area contributed by atoms with Gasteiger partial charge in [-0.3, -0.25) is 9.59 Å². The van der Waals surface area contributed by atoms with Gasteiger partial charge in [0, 0.05) is 19.5 Å². The van der Waals surface area contributed by atoms with E-state index in [0.29, 0.717) is 13.1 Å². The fourth-order valence-electron chi connectivity index (χ4n) is 1.87. The molecule has 1 saturated heterocycles. The number of nitrogens with one attached hydrogen (secondary N) is 2. The van der Waals surface area contributed by atoms with Gasteiger partial charge in [-0.25, -0.2) is 0 Å². The van der Waals surface area contributed by atoms with E-state index in [4.69, 9.17) is 4.74 Å². The molecule has 0 saturated carbocycles. The average molecular weight is 248 g/mol. The van der Waals surface area contributed by atoms with E-state index in [1.807, 2.05) is 24.3 Å². The zero-order chi connectivity index (χ0) is 13.0. The lowest BCUT2D eigenvalue weighted by Gasteiger charge is -2.09. The van der Waals surface area contributed by atoms with Gasteiger partial charge in [0.15, 0.2) is 0 Å². The number of amides is 2. The van der Waals surface area contributed by atoms with E-state index < -0.39 is 0 Å². The molecule has 18 heavy (non-hydrogen) atoms. The van der Waals surface area contributed by atoms with Gasteiger partial charge in [0.2, 0.25) is 11.8 Å². The molecule has 1 aromatic rings. The van der Waals surface area contributed by atoms with Crippen LogP contribution in [0.1, 0.15) is 12.0 Å². The Morgan fingerprint density at radius 3 is 2.72 bits per heavy atom. The molecule has 2 N–H and O–H groups in total. The molecule has 2 rings (SSSR count). The molecule has 1 aliphatic rings. The van der Waals surface area contributed by atoms with Crippen LogP contribution >= 0.6 is 0 Å². The number of hydrogen-bond acceptors (Lipinski definition) is 3. The standard InChI is InChI=1S/C13H16N2O3/c1-18-11-4-2-9(3-5-11)7-15-13(17)10-6-12(16)14-8-10/h2-5,10H,6-8H2,1H3,(H,14,16)(H,15,17). The van der Waals surface area contributed by atoms with E-state index in [1.54, 1.807) is 7.11 Å². The maximum Gasteiger partial charge on any atom is 0.225 e. The van der Waals surface area contributed by atoms with Crippen LogP contribution in [0.2, 0.25) is 0 Å². The lowest BCUT2D eigenvalue weighted by atomic mass is 10.1. The molecule has 2 amide bonds. The fourth-order valence-corrected chi connectivity index (χ4v) is 1.87. The molecule has 96 valence electrons. The molecule has 1 aliphatic heterocycles. The third kappa shape index (κ3) is 3.00. The maximum absolute atomic E-state index is 11.8. The van der Waals surface area contributed by atoms with E-state index in [2.05, 4.69) is 10.6 Å². The zero-order valence-corrected chi connectivity index (χ0v) is 10.2. The van der Waals surface area contributed by atoms with Crippen molar-refractivity contribution in [3.05, 3.63) is 29.8 Å². The molecule has 0 radical (unpaired) electrons. The number of benzene rings is 1. The van der Waals surface area contributed by atoms with Crippen molar-refractivity contribution in [1.29, 1.82) is 0 Å². The summed E-state index contributed by atoms with van der Waals surface area (Å²) in [5.41, 5.74) is 1.00. The second kappa shape index (κ2) is 5.53. The van der Waals surface area contributed by atoms with Crippen molar-refractivity contribution in [3.63, 3.8) is 0 Å². The first-order chi connectivity index (χ1) is 8.69. The van der Waals surface area contributed by atoms with Crippen LogP contribution < -0.4 is 15.4 Å². The molecular formula is C13H16N2O3. The first kappa shape index (κ1) is 12.4. The summed E-state index contributed by atoms with van der Waals surface area (Å²) in [5.74, 6) is 0.412. The van der Waals surface area contributed by atoms with Crippen molar-refractivity contribution >= 4 is 11.8 Å². The molecule has 0 aromatic heterocycles. The highest BCUT2D eigenvalue weighted by Crippen LogP contribution is 2.12.